The Kier molecular flexibility index (Phi) is 9.17. The molecule has 0 unspecified atom stereocenters. The number of carbonyl (C=O) groups excluding carboxylic acids is 1. The number of halogens is 2. The van der Waals surface area contributed by atoms with Gasteiger partial charge in [0.1, 0.15) is 23.0 Å². The van der Waals surface area contributed by atoms with Crippen molar-refractivity contribution in [1.29, 1.82) is 0 Å². The number of anilines is 1. The molecule has 5 rings (SSSR count). The molecule has 0 atom stereocenters. The van der Waals surface area contributed by atoms with Crippen molar-refractivity contribution in [3.8, 4) is 11.8 Å². The molecule has 0 radical (unpaired) electrons. The molecule has 226 valence electrons. The molecule has 3 aliphatic rings. The molecule has 0 bridgehead atoms. The number of benzene rings is 1. The lowest BCUT2D eigenvalue weighted by Crippen LogP contribution is -2.62. The topological polar surface area (TPSA) is 80.3 Å². The van der Waals surface area contributed by atoms with Crippen molar-refractivity contribution in [2.45, 2.75) is 72.0 Å². The molecule has 3 fully saturated rings. The van der Waals surface area contributed by atoms with E-state index in [4.69, 9.17) is 24.2 Å². The number of ether oxygens (including phenoxy) is 3. The first-order chi connectivity index (χ1) is 19.3. The number of rotatable bonds is 6. The van der Waals surface area contributed by atoms with Gasteiger partial charge in [-0.25, -0.2) is 4.79 Å². The van der Waals surface area contributed by atoms with Gasteiger partial charge in [-0.1, -0.05) is 13.8 Å². The smallest absolute Gasteiger partial charge is 0.410 e. The molecular formula is C30H43BrIN5O4. The standard InChI is InChI=1S/C30H43BrIN5O4/c1-19(2)16-39-25-23(31)22(32)15-21-24(25)33-27(40-20-7-11-35(6)12-8-20)34-26(21)36-13-9-30(10-14-36)17-37(18-30)28(38)41-29(3,4)5/h15,19-20H,7-14,16-18H2,1-6H3. The summed E-state index contributed by atoms with van der Waals surface area (Å²) in [6.07, 6.45) is 3.79. The van der Waals surface area contributed by atoms with Crippen LogP contribution < -0.4 is 14.4 Å². The van der Waals surface area contributed by atoms with Crippen molar-refractivity contribution in [3.05, 3.63) is 14.1 Å². The number of hydrogen-bond donors (Lipinski definition) is 0. The maximum absolute atomic E-state index is 12.5. The van der Waals surface area contributed by atoms with Crippen molar-refractivity contribution in [2.24, 2.45) is 11.3 Å². The van der Waals surface area contributed by atoms with E-state index in [-0.39, 0.29) is 17.6 Å². The lowest BCUT2D eigenvalue weighted by molar-refractivity contribution is -0.0434. The van der Waals surface area contributed by atoms with Gasteiger partial charge in [-0.3, -0.25) is 0 Å². The van der Waals surface area contributed by atoms with Gasteiger partial charge in [-0.05, 0) is 104 Å². The predicted molar refractivity (Wildman–Crippen MR) is 173 cm³/mol. The van der Waals surface area contributed by atoms with E-state index in [0.29, 0.717) is 18.5 Å². The Balaban J connectivity index is 1.40. The minimum Gasteiger partial charge on any atom is -0.490 e. The number of hydrogen-bond acceptors (Lipinski definition) is 8. The van der Waals surface area contributed by atoms with Crippen LogP contribution in [0.1, 0.15) is 60.3 Å². The second-order valence-corrected chi connectivity index (χ2v) is 15.3. The Hall–Kier alpha value is -1.60. The Morgan fingerprint density at radius 3 is 2.41 bits per heavy atom. The Morgan fingerprint density at radius 1 is 1.15 bits per heavy atom. The summed E-state index contributed by atoms with van der Waals surface area (Å²) in [6, 6.07) is 2.57. The summed E-state index contributed by atoms with van der Waals surface area (Å²) in [5, 5.41) is 0.979. The molecule has 3 saturated heterocycles. The first kappa shape index (κ1) is 30.8. The van der Waals surface area contributed by atoms with Gasteiger partial charge in [-0.15, -0.1) is 0 Å². The van der Waals surface area contributed by atoms with E-state index in [0.717, 1.165) is 95.5 Å². The van der Waals surface area contributed by atoms with Crippen molar-refractivity contribution in [3.63, 3.8) is 0 Å². The van der Waals surface area contributed by atoms with Gasteiger partial charge in [0.2, 0.25) is 0 Å². The summed E-state index contributed by atoms with van der Waals surface area (Å²) >= 11 is 6.12. The highest BCUT2D eigenvalue weighted by Crippen LogP contribution is 2.45. The van der Waals surface area contributed by atoms with Crippen molar-refractivity contribution >= 4 is 61.3 Å². The first-order valence-corrected chi connectivity index (χ1v) is 16.6. The summed E-state index contributed by atoms with van der Waals surface area (Å²) in [5.41, 5.74) is 0.451. The number of carbonyl (C=O) groups is 1. The van der Waals surface area contributed by atoms with Gasteiger partial charge >= 0.3 is 12.1 Å². The zero-order valence-corrected chi connectivity index (χ0v) is 28.9. The monoisotopic (exact) mass is 743 g/mol. The predicted octanol–water partition coefficient (Wildman–Crippen LogP) is 6.34. The van der Waals surface area contributed by atoms with E-state index >= 15 is 0 Å². The first-order valence-electron chi connectivity index (χ1n) is 14.7. The fourth-order valence-corrected chi connectivity index (χ4v) is 6.77. The summed E-state index contributed by atoms with van der Waals surface area (Å²) < 4.78 is 20.4. The summed E-state index contributed by atoms with van der Waals surface area (Å²) in [6.45, 7) is 15.9. The summed E-state index contributed by atoms with van der Waals surface area (Å²) in [5.74, 6) is 2.03. The molecule has 4 heterocycles. The molecule has 1 aromatic carbocycles. The molecule has 11 heteroatoms. The second kappa shape index (κ2) is 12.2. The van der Waals surface area contributed by atoms with Crippen LogP contribution in [0.15, 0.2) is 10.5 Å². The molecule has 2 aromatic rings. The maximum atomic E-state index is 12.5. The van der Waals surface area contributed by atoms with E-state index in [9.17, 15) is 4.79 Å². The van der Waals surface area contributed by atoms with Crippen LogP contribution in [-0.4, -0.2) is 90.5 Å². The maximum Gasteiger partial charge on any atom is 0.410 e. The molecule has 0 N–H and O–H groups in total. The van der Waals surface area contributed by atoms with Crippen molar-refractivity contribution < 1.29 is 19.0 Å². The van der Waals surface area contributed by atoms with E-state index < -0.39 is 5.60 Å². The number of nitrogens with zero attached hydrogens (tertiary/aromatic N) is 5. The lowest BCUT2D eigenvalue weighted by atomic mass is 9.72. The van der Waals surface area contributed by atoms with Crippen LogP contribution in [0, 0.1) is 14.9 Å². The van der Waals surface area contributed by atoms with Gasteiger partial charge in [0, 0.05) is 53.6 Å². The van der Waals surface area contributed by atoms with E-state index in [1.165, 1.54) is 0 Å². The third kappa shape index (κ3) is 7.14. The van der Waals surface area contributed by atoms with Gasteiger partial charge in [0.15, 0.2) is 5.75 Å². The minimum atomic E-state index is -0.477. The van der Waals surface area contributed by atoms with Crippen LogP contribution in [0.2, 0.25) is 0 Å². The van der Waals surface area contributed by atoms with E-state index in [2.05, 4.69) is 75.3 Å². The molecule has 1 spiro atoms. The highest BCUT2D eigenvalue weighted by Gasteiger charge is 2.48. The van der Waals surface area contributed by atoms with Gasteiger partial charge in [-0.2, -0.15) is 9.97 Å². The minimum absolute atomic E-state index is 0.0993. The van der Waals surface area contributed by atoms with E-state index in [1.54, 1.807) is 0 Å². The Labute approximate surface area is 265 Å². The number of amides is 1. The zero-order chi connectivity index (χ0) is 29.5. The molecule has 1 amide bonds. The van der Waals surface area contributed by atoms with Gasteiger partial charge in [0.25, 0.3) is 0 Å². The SMILES string of the molecule is CC(C)COc1c(Br)c(I)cc2c(N3CCC4(CC3)CN(C(=O)OC(C)(C)C)C4)nc(OC3CCN(C)CC3)nc12. The summed E-state index contributed by atoms with van der Waals surface area (Å²) in [4.78, 5) is 29.1. The molecule has 0 aliphatic carbocycles. The molecule has 0 saturated carbocycles. The summed E-state index contributed by atoms with van der Waals surface area (Å²) in [7, 11) is 2.15. The third-order valence-corrected chi connectivity index (χ3v) is 10.5. The number of likely N-dealkylation sites (tertiary alicyclic amines) is 2. The average Bonchev–Trinajstić information content (AvgIpc) is 2.88. The quantitative estimate of drug-likeness (QED) is 0.318. The van der Waals surface area contributed by atoms with Crippen molar-refractivity contribution in [2.75, 3.05) is 57.8 Å². The van der Waals surface area contributed by atoms with E-state index in [1.807, 2.05) is 25.7 Å². The molecule has 41 heavy (non-hydrogen) atoms. The van der Waals surface area contributed by atoms with Crippen LogP contribution in [-0.2, 0) is 4.74 Å². The van der Waals surface area contributed by atoms with Crippen molar-refractivity contribution in [1.82, 2.24) is 19.8 Å². The fourth-order valence-electron chi connectivity index (χ4n) is 5.80. The normalized spacial score (nSPS) is 20.0. The number of aromatic nitrogens is 2. The number of piperidine rings is 2. The second-order valence-electron chi connectivity index (χ2n) is 13.4. The van der Waals surface area contributed by atoms with Crippen LogP contribution >= 0.6 is 38.5 Å². The lowest BCUT2D eigenvalue weighted by Gasteiger charge is -2.53. The van der Waals surface area contributed by atoms with Crippen LogP contribution in [0.25, 0.3) is 10.9 Å². The molecule has 1 aromatic heterocycles. The number of fused-ring (bicyclic) bond motifs is 1. The molecular weight excluding hydrogens is 701 g/mol. The fraction of sp³-hybridized carbons (Fsp3) is 0.700. The molecule has 3 aliphatic heterocycles. The van der Waals surface area contributed by atoms with Crippen LogP contribution in [0.5, 0.6) is 11.8 Å². The zero-order valence-electron chi connectivity index (χ0n) is 25.1. The van der Waals surface area contributed by atoms with Crippen LogP contribution in [0.4, 0.5) is 10.6 Å². The van der Waals surface area contributed by atoms with Gasteiger partial charge < -0.3 is 28.9 Å². The van der Waals surface area contributed by atoms with Crippen LogP contribution in [0.3, 0.4) is 0 Å². The molecule has 9 nitrogen and oxygen atoms in total. The average molecular weight is 745 g/mol. The van der Waals surface area contributed by atoms with Gasteiger partial charge in [0.05, 0.1) is 11.1 Å². The highest BCUT2D eigenvalue weighted by molar-refractivity contribution is 14.1. The Morgan fingerprint density at radius 2 is 1.80 bits per heavy atom. The highest BCUT2D eigenvalue weighted by atomic mass is 127. The third-order valence-electron chi connectivity index (χ3n) is 8.13. The Bertz CT molecular complexity index is 1260. The largest absolute Gasteiger partial charge is 0.490 e.